The topological polar surface area (TPSA) is 20.3 Å². The predicted molar refractivity (Wildman–Crippen MR) is 125 cm³/mol. The van der Waals surface area contributed by atoms with Gasteiger partial charge in [-0.05, 0) is 103 Å². The highest BCUT2D eigenvalue weighted by Gasteiger charge is 2.60. The molecule has 1 aromatic rings. The van der Waals surface area contributed by atoms with Crippen LogP contribution in [0, 0.1) is 34.5 Å². The van der Waals surface area contributed by atoms with E-state index < -0.39 is 0 Å². The van der Waals surface area contributed by atoms with Crippen LogP contribution in [0.4, 0.5) is 5.69 Å². The molecule has 4 saturated carbocycles. The zero-order chi connectivity index (χ0) is 21.1. The highest BCUT2D eigenvalue weighted by molar-refractivity contribution is 6.06. The first-order valence-electron chi connectivity index (χ1n) is 12.4. The van der Waals surface area contributed by atoms with E-state index in [9.17, 15) is 4.79 Å². The van der Waals surface area contributed by atoms with Crippen LogP contribution in [0.2, 0.25) is 0 Å². The van der Waals surface area contributed by atoms with Gasteiger partial charge in [0.1, 0.15) is 0 Å². The number of allylic oxidation sites excluding steroid dienone is 1. The van der Waals surface area contributed by atoms with Gasteiger partial charge in [0.25, 0.3) is 0 Å². The molecule has 4 unspecified atom stereocenters. The average Bonchev–Trinajstić information content (AvgIpc) is 2.98. The van der Waals surface area contributed by atoms with E-state index in [1.54, 1.807) is 0 Å². The molecule has 0 radical (unpaired) electrons. The largest absolute Gasteiger partial charge is 0.378 e. The van der Waals surface area contributed by atoms with Gasteiger partial charge in [0, 0.05) is 25.2 Å². The van der Waals surface area contributed by atoms with Crippen LogP contribution in [0.15, 0.2) is 29.8 Å². The van der Waals surface area contributed by atoms with E-state index in [2.05, 4.69) is 63.2 Å². The summed E-state index contributed by atoms with van der Waals surface area (Å²) in [7, 11) is 4.13. The van der Waals surface area contributed by atoms with Gasteiger partial charge >= 0.3 is 0 Å². The van der Waals surface area contributed by atoms with Crippen molar-refractivity contribution in [3.8, 4) is 0 Å². The summed E-state index contributed by atoms with van der Waals surface area (Å²) >= 11 is 0. The van der Waals surface area contributed by atoms with Crippen LogP contribution in [0.1, 0.15) is 77.2 Å². The number of carbonyl (C=O) groups excluding carboxylic acids is 1. The summed E-state index contributed by atoms with van der Waals surface area (Å²) in [4.78, 5) is 15.7. The molecule has 0 amide bonds. The van der Waals surface area contributed by atoms with Gasteiger partial charge in [0.2, 0.25) is 0 Å². The minimum atomic E-state index is -0.117. The zero-order valence-electron chi connectivity index (χ0n) is 19.4. The van der Waals surface area contributed by atoms with Crippen LogP contribution in [-0.4, -0.2) is 19.9 Å². The van der Waals surface area contributed by atoms with Crippen LogP contribution in [0.3, 0.4) is 0 Å². The van der Waals surface area contributed by atoms with Gasteiger partial charge in [-0.3, -0.25) is 4.79 Å². The summed E-state index contributed by atoms with van der Waals surface area (Å²) in [6, 6.07) is 8.64. The first kappa shape index (κ1) is 20.3. The van der Waals surface area contributed by atoms with E-state index in [-0.39, 0.29) is 5.41 Å². The minimum absolute atomic E-state index is 0.117. The molecule has 0 aromatic heterocycles. The summed E-state index contributed by atoms with van der Waals surface area (Å²) in [6.45, 7) is 4.93. The Balaban J connectivity index is 1.42. The van der Waals surface area contributed by atoms with Gasteiger partial charge in [-0.25, -0.2) is 0 Å². The minimum Gasteiger partial charge on any atom is -0.378 e. The number of nitrogens with zero attached hydrogens (tertiary/aromatic N) is 1. The molecule has 0 heterocycles. The van der Waals surface area contributed by atoms with Gasteiger partial charge in [0.05, 0.1) is 0 Å². The molecule has 4 aliphatic rings. The number of anilines is 1. The van der Waals surface area contributed by atoms with Crippen molar-refractivity contribution in [2.75, 3.05) is 19.0 Å². The Hall–Kier alpha value is -1.57. The second-order valence-corrected chi connectivity index (χ2v) is 11.5. The first-order valence-corrected chi connectivity index (χ1v) is 12.4. The SMILES string of the molecule is CN(C)c1ccc(/C=C2/CC3C4CCC5CCCC[C@@]5(C)C4CC[C@@]3(C)C2=O)cc1. The van der Waals surface area contributed by atoms with E-state index in [0.717, 1.165) is 36.2 Å². The quantitative estimate of drug-likeness (QED) is 0.507. The molecule has 0 N–H and O–H groups in total. The van der Waals surface area contributed by atoms with Crippen molar-refractivity contribution in [1.82, 2.24) is 0 Å². The number of rotatable bonds is 2. The number of hydrogen-bond donors (Lipinski definition) is 0. The fourth-order valence-electron chi connectivity index (χ4n) is 8.16. The van der Waals surface area contributed by atoms with Crippen molar-refractivity contribution < 1.29 is 4.79 Å². The Kier molecular flexibility index (Phi) is 4.91. The maximum absolute atomic E-state index is 13.6. The van der Waals surface area contributed by atoms with Crippen molar-refractivity contribution in [2.24, 2.45) is 34.5 Å². The molecule has 4 aliphatic carbocycles. The third-order valence-electron chi connectivity index (χ3n) is 9.97. The van der Waals surface area contributed by atoms with E-state index in [1.807, 2.05) is 0 Å². The second kappa shape index (κ2) is 7.24. The molecule has 0 spiro atoms. The molecular weight excluding hydrogens is 366 g/mol. The predicted octanol–water partition coefficient (Wildman–Crippen LogP) is 6.75. The molecule has 0 saturated heterocycles. The average molecular weight is 406 g/mol. The van der Waals surface area contributed by atoms with Crippen LogP contribution < -0.4 is 4.90 Å². The highest BCUT2D eigenvalue weighted by Crippen LogP contribution is 2.66. The molecule has 2 nitrogen and oxygen atoms in total. The summed E-state index contributed by atoms with van der Waals surface area (Å²) in [5.74, 6) is 3.57. The number of Topliss-reactive ketones (excluding diaryl/α,β-unsaturated/α-hetero) is 1. The Labute approximate surface area is 183 Å². The molecule has 30 heavy (non-hydrogen) atoms. The number of hydrogen-bond acceptors (Lipinski definition) is 2. The Morgan fingerprint density at radius 2 is 1.70 bits per heavy atom. The first-order chi connectivity index (χ1) is 14.3. The Morgan fingerprint density at radius 3 is 2.43 bits per heavy atom. The highest BCUT2D eigenvalue weighted by atomic mass is 16.1. The molecular formula is C28H39NO. The molecule has 5 rings (SSSR count). The van der Waals surface area contributed by atoms with Crippen molar-refractivity contribution in [2.45, 2.75) is 71.6 Å². The normalized spacial score (nSPS) is 41.9. The molecule has 2 heteroatoms. The molecule has 6 atom stereocenters. The van der Waals surface area contributed by atoms with E-state index in [1.165, 1.54) is 56.2 Å². The lowest BCUT2D eigenvalue weighted by atomic mass is 9.45. The summed E-state index contributed by atoms with van der Waals surface area (Å²) in [6.07, 6.45) is 14.1. The summed E-state index contributed by atoms with van der Waals surface area (Å²) in [5, 5.41) is 0. The summed E-state index contributed by atoms with van der Waals surface area (Å²) in [5.41, 5.74) is 3.90. The number of benzene rings is 1. The van der Waals surface area contributed by atoms with E-state index in [4.69, 9.17) is 0 Å². The number of carbonyl (C=O) groups is 1. The molecule has 0 aliphatic heterocycles. The van der Waals surface area contributed by atoms with Crippen molar-refractivity contribution in [3.05, 3.63) is 35.4 Å². The van der Waals surface area contributed by atoms with Crippen LogP contribution >= 0.6 is 0 Å². The second-order valence-electron chi connectivity index (χ2n) is 11.5. The fraction of sp³-hybridized carbons (Fsp3) is 0.679. The third kappa shape index (κ3) is 3.00. The fourth-order valence-corrected chi connectivity index (χ4v) is 8.16. The Bertz CT molecular complexity index is 852. The maximum Gasteiger partial charge on any atom is 0.165 e. The van der Waals surface area contributed by atoms with Gasteiger partial charge in [-0.2, -0.15) is 0 Å². The maximum atomic E-state index is 13.6. The molecule has 1 aromatic carbocycles. The van der Waals surface area contributed by atoms with Gasteiger partial charge in [-0.1, -0.05) is 38.8 Å². The molecule has 0 bridgehead atoms. The van der Waals surface area contributed by atoms with Crippen molar-refractivity contribution in [1.29, 1.82) is 0 Å². The van der Waals surface area contributed by atoms with Crippen LogP contribution in [0.5, 0.6) is 0 Å². The summed E-state index contributed by atoms with van der Waals surface area (Å²) < 4.78 is 0. The lowest BCUT2D eigenvalue weighted by Crippen LogP contribution is -2.52. The van der Waals surface area contributed by atoms with E-state index >= 15 is 0 Å². The lowest BCUT2D eigenvalue weighted by molar-refractivity contribution is -0.137. The third-order valence-corrected chi connectivity index (χ3v) is 9.97. The lowest BCUT2D eigenvalue weighted by Gasteiger charge is -2.59. The molecule has 162 valence electrons. The number of ketones is 1. The van der Waals surface area contributed by atoms with Crippen LogP contribution in [0.25, 0.3) is 6.08 Å². The zero-order valence-corrected chi connectivity index (χ0v) is 19.4. The smallest absolute Gasteiger partial charge is 0.165 e. The van der Waals surface area contributed by atoms with Crippen molar-refractivity contribution in [3.63, 3.8) is 0 Å². The van der Waals surface area contributed by atoms with Crippen LogP contribution in [-0.2, 0) is 4.79 Å². The monoisotopic (exact) mass is 405 g/mol. The van der Waals surface area contributed by atoms with Crippen molar-refractivity contribution >= 4 is 17.5 Å². The van der Waals surface area contributed by atoms with Gasteiger partial charge < -0.3 is 4.90 Å². The van der Waals surface area contributed by atoms with Gasteiger partial charge in [-0.15, -0.1) is 0 Å². The molecule has 4 fully saturated rings. The van der Waals surface area contributed by atoms with Gasteiger partial charge in [0.15, 0.2) is 5.78 Å². The standard InChI is InChI=1S/C28H39NO/c1-27-15-6-5-7-21(27)10-13-23-24(27)14-16-28(2)25(23)18-20(26(28)30)17-19-8-11-22(12-9-19)29(3)4/h8-9,11-12,17,21,23-25H,5-7,10,13-16,18H2,1-4H3/b20-17-/t21?,23?,24?,25?,27-,28-/m1/s1. The number of fused-ring (bicyclic) bond motifs is 5. The Morgan fingerprint density at radius 1 is 0.933 bits per heavy atom. The van der Waals surface area contributed by atoms with E-state index in [0.29, 0.717) is 17.1 Å².